The van der Waals surface area contributed by atoms with Crippen molar-refractivity contribution in [1.29, 1.82) is 0 Å². The Labute approximate surface area is 103 Å². The van der Waals surface area contributed by atoms with E-state index in [9.17, 15) is 4.39 Å². The summed E-state index contributed by atoms with van der Waals surface area (Å²) in [5.74, 6) is -0.156. The summed E-state index contributed by atoms with van der Waals surface area (Å²) in [7, 11) is 0. The second kappa shape index (κ2) is 6.12. The molecule has 1 aromatic rings. The van der Waals surface area contributed by atoms with Crippen molar-refractivity contribution in [2.45, 2.75) is 31.7 Å². The predicted octanol–water partition coefficient (Wildman–Crippen LogP) is 2.18. The molecule has 1 aliphatic heterocycles. The molecular weight excluding hydrogens is 215 g/mol. The van der Waals surface area contributed by atoms with E-state index in [-0.39, 0.29) is 5.82 Å². The lowest BCUT2D eigenvalue weighted by atomic mass is 9.95. The minimum atomic E-state index is -0.156. The number of halogens is 1. The quantitative estimate of drug-likeness (QED) is 0.868. The van der Waals surface area contributed by atoms with Crippen LogP contribution in [0.3, 0.4) is 0 Å². The molecule has 17 heavy (non-hydrogen) atoms. The highest BCUT2D eigenvalue weighted by molar-refractivity contribution is 5.17. The van der Waals surface area contributed by atoms with Gasteiger partial charge in [-0.1, -0.05) is 18.6 Å². The van der Waals surface area contributed by atoms with Crippen LogP contribution in [0.1, 0.15) is 24.8 Å². The van der Waals surface area contributed by atoms with E-state index in [0.717, 1.165) is 26.1 Å². The fourth-order valence-corrected chi connectivity index (χ4v) is 2.64. The molecule has 3 heteroatoms. The van der Waals surface area contributed by atoms with Crippen molar-refractivity contribution < 1.29 is 4.39 Å². The smallest absolute Gasteiger partial charge is 0.123 e. The molecular formula is C14H21FN2. The monoisotopic (exact) mass is 236 g/mol. The Kier molecular flexibility index (Phi) is 4.51. The van der Waals surface area contributed by atoms with Crippen LogP contribution in [-0.2, 0) is 6.42 Å². The summed E-state index contributed by atoms with van der Waals surface area (Å²) < 4.78 is 12.8. The van der Waals surface area contributed by atoms with Crippen molar-refractivity contribution in [1.82, 2.24) is 4.90 Å². The van der Waals surface area contributed by atoms with E-state index in [1.165, 1.54) is 24.8 Å². The van der Waals surface area contributed by atoms with Gasteiger partial charge < -0.3 is 5.73 Å². The normalized spacial score (nSPS) is 21.6. The average molecular weight is 236 g/mol. The van der Waals surface area contributed by atoms with E-state index in [0.29, 0.717) is 6.04 Å². The number of nitrogens with two attached hydrogens (primary N) is 1. The third-order valence-electron chi connectivity index (χ3n) is 3.55. The third kappa shape index (κ3) is 3.51. The molecule has 0 aliphatic carbocycles. The van der Waals surface area contributed by atoms with Gasteiger partial charge in [0.25, 0.3) is 0 Å². The standard InChI is InChI=1S/C14H21FN2/c15-13-6-4-12(5-7-13)11-14-3-1-2-9-17(14)10-8-16/h4-7,14H,1-3,8-11,16H2. The summed E-state index contributed by atoms with van der Waals surface area (Å²) in [5.41, 5.74) is 6.87. The number of rotatable bonds is 4. The van der Waals surface area contributed by atoms with E-state index < -0.39 is 0 Å². The molecule has 1 aliphatic rings. The first-order valence-corrected chi connectivity index (χ1v) is 6.48. The van der Waals surface area contributed by atoms with Crippen molar-refractivity contribution in [2.75, 3.05) is 19.6 Å². The van der Waals surface area contributed by atoms with Crippen LogP contribution < -0.4 is 5.73 Å². The molecule has 2 N–H and O–H groups in total. The highest BCUT2D eigenvalue weighted by Gasteiger charge is 2.21. The lowest BCUT2D eigenvalue weighted by Gasteiger charge is -2.35. The number of benzene rings is 1. The molecule has 0 bridgehead atoms. The zero-order valence-electron chi connectivity index (χ0n) is 10.2. The number of likely N-dealkylation sites (tertiary alicyclic amines) is 1. The first kappa shape index (κ1) is 12.5. The second-order valence-corrected chi connectivity index (χ2v) is 4.80. The molecule has 0 aromatic heterocycles. The topological polar surface area (TPSA) is 29.3 Å². The molecule has 2 rings (SSSR count). The first-order chi connectivity index (χ1) is 8.29. The van der Waals surface area contributed by atoms with Crippen LogP contribution >= 0.6 is 0 Å². The van der Waals surface area contributed by atoms with Crippen molar-refractivity contribution in [3.05, 3.63) is 35.6 Å². The molecule has 0 amide bonds. The summed E-state index contributed by atoms with van der Waals surface area (Å²) in [5, 5.41) is 0. The van der Waals surface area contributed by atoms with Crippen LogP contribution in [0.5, 0.6) is 0 Å². The SMILES string of the molecule is NCCN1CCCCC1Cc1ccc(F)cc1. The average Bonchev–Trinajstić information content (AvgIpc) is 2.35. The molecule has 0 radical (unpaired) electrons. The number of piperidine rings is 1. The minimum Gasteiger partial charge on any atom is -0.329 e. The highest BCUT2D eigenvalue weighted by atomic mass is 19.1. The van der Waals surface area contributed by atoms with Gasteiger partial charge in [-0.25, -0.2) is 4.39 Å². The largest absolute Gasteiger partial charge is 0.329 e. The molecule has 1 atom stereocenters. The molecule has 0 spiro atoms. The van der Waals surface area contributed by atoms with Gasteiger partial charge in [0.05, 0.1) is 0 Å². The Bertz CT molecular complexity index is 335. The lowest BCUT2D eigenvalue weighted by molar-refractivity contribution is 0.152. The number of hydrogen-bond acceptors (Lipinski definition) is 2. The fourth-order valence-electron chi connectivity index (χ4n) is 2.64. The Hall–Kier alpha value is -0.930. The number of hydrogen-bond donors (Lipinski definition) is 1. The molecule has 1 saturated heterocycles. The van der Waals surface area contributed by atoms with Gasteiger partial charge in [0, 0.05) is 19.1 Å². The van der Waals surface area contributed by atoms with Crippen LogP contribution in [0, 0.1) is 5.82 Å². The maximum atomic E-state index is 12.8. The third-order valence-corrected chi connectivity index (χ3v) is 3.55. The summed E-state index contributed by atoms with van der Waals surface area (Å²) in [6.07, 6.45) is 4.82. The molecule has 1 unspecified atom stereocenters. The molecule has 0 saturated carbocycles. The molecule has 1 heterocycles. The van der Waals surface area contributed by atoms with Crippen molar-refractivity contribution in [2.24, 2.45) is 5.73 Å². The Morgan fingerprint density at radius 1 is 1.24 bits per heavy atom. The Balaban J connectivity index is 1.97. The fraction of sp³-hybridized carbons (Fsp3) is 0.571. The van der Waals surface area contributed by atoms with Gasteiger partial charge in [-0.05, 0) is 43.5 Å². The molecule has 2 nitrogen and oxygen atoms in total. The molecule has 94 valence electrons. The predicted molar refractivity (Wildman–Crippen MR) is 68.4 cm³/mol. The van der Waals surface area contributed by atoms with Crippen molar-refractivity contribution in [3.8, 4) is 0 Å². The van der Waals surface area contributed by atoms with Gasteiger partial charge >= 0.3 is 0 Å². The number of nitrogens with zero attached hydrogens (tertiary/aromatic N) is 1. The van der Waals surface area contributed by atoms with Crippen LogP contribution in [0.2, 0.25) is 0 Å². The molecule has 1 fully saturated rings. The molecule has 1 aromatic carbocycles. The van der Waals surface area contributed by atoms with Gasteiger partial charge in [0.15, 0.2) is 0 Å². The van der Waals surface area contributed by atoms with E-state index in [4.69, 9.17) is 5.73 Å². The van der Waals surface area contributed by atoms with Gasteiger partial charge in [-0.15, -0.1) is 0 Å². The minimum absolute atomic E-state index is 0.156. The lowest BCUT2D eigenvalue weighted by Crippen LogP contribution is -2.43. The van der Waals surface area contributed by atoms with Crippen LogP contribution in [0.15, 0.2) is 24.3 Å². The highest BCUT2D eigenvalue weighted by Crippen LogP contribution is 2.20. The zero-order chi connectivity index (χ0) is 12.1. The summed E-state index contributed by atoms with van der Waals surface area (Å²) in [6, 6.07) is 7.46. The van der Waals surface area contributed by atoms with Crippen molar-refractivity contribution in [3.63, 3.8) is 0 Å². The second-order valence-electron chi connectivity index (χ2n) is 4.80. The zero-order valence-corrected chi connectivity index (χ0v) is 10.2. The summed E-state index contributed by atoms with van der Waals surface area (Å²) in [6.45, 7) is 2.86. The van der Waals surface area contributed by atoms with Crippen molar-refractivity contribution >= 4 is 0 Å². The van der Waals surface area contributed by atoms with Crippen LogP contribution in [0.25, 0.3) is 0 Å². The van der Waals surface area contributed by atoms with E-state index in [2.05, 4.69) is 4.90 Å². The Morgan fingerprint density at radius 3 is 2.71 bits per heavy atom. The summed E-state index contributed by atoms with van der Waals surface area (Å²) >= 11 is 0. The van der Waals surface area contributed by atoms with Gasteiger partial charge in [0.1, 0.15) is 5.82 Å². The maximum absolute atomic E-state index is 12.8. The Morgan fingerprint density at radius 2 is 2.00 bits per heavy atom. The first-order valence-electron chi connectivity index (χ1n) is 6.48. The van der Waals surface area contributed by atoms with E-state index in [1.54, 1.807) is 12.1 Å². The maximum Gasteiger partial charge on any atom is 0.123 e. The van der Waals surface area contributed by atoms with Gasteiger partial charge in [-0.3, -0.25) is 4.90 Å². The summed E-state index contributed by atoms with van der Waals surface area (Å²) in [4.78, 5) is 2.48. The van der Waals surface area contributed by atoms with E-state index in [1.807, 2.05) is 12.1 Å². The van der Waals surface area contributed by atoms with E-state index >= 15 is 0 Å². The van der Waals surface area contributed by atoms with Gasteiger partial charge in [-0.2, -0.15) is 0 Å². The van der Waals surface area contributed by atoms with Crippen LogP contribution in [0.4, 0.5) is 4.39 Å². The van der Waals surface area contributed by atoms with Crippen LogP contribution in [-0.4, -0.2) is 30.6 Å². The van der Waals surface area contributed by atoms with Gasteiger partial charge in [0.2, 0.25) is 0 Å².